The number of hydrogen-bond donors (Lipinski definition) is 1. The van der Waals surface area contributed by atoms with Crippen molar-refractivity contribution in [3.05, 3.63) is 48.7 Å². The SMILES string of the molecule is Cl.Cl.O=C(c1ccoc1)N1CCNCC1COc1cccnc1. The normalized spacial score (nSPS) is 16.9. The van der Waals surface area contributed by atoms with Crippen LogP contribution in [0.15, 0.2) is 47.5 Å². The Morgan fingerprint density at radius 2 is 2.30 bits per heavy atom. The van der Waals surface area contributed by atoms with Gasteiger partial charge < -0.3 is 19.4 Å². The van der Waals surface area contributed by atoms with E-state index in [2.05, 4.69) is 10.3 Å². The average molecular weight is 360 g/mol. The number of ether oxygens (including phenoxy) is 1. The van der Waals surface area contributed by atoms with E-state index < -0.39 is 0 Å². The molecule has 8 heteroatoms. The first kappa shape index (κ1) is 19.3. The summed E-state index contributed by atoms with van der Waals surface area (Å²) in [5.41, 5.74) is 0.572. The molecular weight excluding hydrogens is 341 g/mol. The zero-order valence-corrected chi connectivity index (χ0v) is 14.0. The number of amides is 1. The summed E-state index contributed by atoms with van der Waals surface area (Å²) in [6.07, 6.45) is 6.35. The molecule has 3 rings (SSSR count). The minimum atomic E-state index is -0.0231. The Kier molecular flexibility index (Phi) is 7.88. The predicted molar refractivity (Wildman–Crippen MR) is 90.6 cm³/mol. The van der Waals surface area contributed by atoms with Gasteiger partial charge in [-0.3, -0.25) is 9.78 Å². The fourth-order valence-electron chi connectivity index (χ4n) is 2.35. The highest BCUT2D eigenvalue weighted by atomic mass is 35.5. The molecule has 1 N–H and O–H groups in total. The van der Waals surface area contributed by atoms with Crippen LogP contribution in [0.2, 0.25) is 0 Å². The van der Waals surface area contributed by atoms with E-state index >= 15 is 0 Å². The number of aromatic nitrogens is 1. The number of nitrogens with zero attached hydrogens (tertiary/aromatic N) is 2. The van der Waals surface area contributed by atoms with Gasteiger partial charge in [-0.1, -0.05) is 0 Å². The number of carbonyl (C=O) groups excluding carboxylic acids is 1. The van der Waals surface area contributed by atoms with Crippen molar-refractivity contribution in [3.63, 3.8) is 0 Å². The maximum atomic E-state index is 12.5. The van der Waals surface area contributed by atoms with E-state index in [1.54, 1.807) is 18.5 Å². The average Bonchev–Trinajstić information content (AvgIpc) is 3.08. The van der Waals surface area contributed by atoms with Gasteiger partial charge in [0.2, 0.25) is 0 Å². The molecule has 0 bridgehead atoms. The van der Waals surface area contributed by atoms with Crippen LogP contribution in [0, 0.1) is 0 Å². The molecule has 2 aromatic rings. The fraction of sp³-hybridized carbons (Fsp3) is 0.333. The van der Waals surface area contributed by atoms with Crippen LogP contribution in [0.3, 0.4) is 0 Å². The zero-order chi connectivity index (χ0) is 14.5. The van der Waals surface area contributed by atoms with E-state index in [0.717, 1.165) is 6.54 Å². The van der Waals surface area contributed by atoms with Gasteiger partial charge in [-0.15, -0.1) is 24.8 Å². The summed E-state index contributed by atoms with van der Waals surface area (Å²) in [6.45, 7) is 2.59. The van der Waals surface area contributed by atoms with Crippen molar-refractivity contribution in [2.75, 3.05) is 26.2 Å². The summed E-state index contributed by atoms with van der Waals surface area (Å²) in [7, 11) is 0. The molecule has 0 radical (unpaired) electrons. The Hall–Kier alpha value is -1.76. The maximum Gasteiger partial charge on any atom is 0.257 e. The van der Waals surface area contributed by atoms with Crippen molar-refractivity contribution >= 4 is 30.7 Å². The molecule has 0 aromatic carbocycles. The fourth-order valence-corrected chi connectivity index (χ4v) is 2.35. The lowest BCUT2D eigenvalue weighted by Gasteiger charge is -2.35. The van der Waals surface area contributed by atoms with Crippen LogP contribution in [0.4, 0.5) is 0 Å². The molecule has 1 amide bonds. The first-order chi connectivity index (χ1) is 10.3. The molecule has 0 saturated carbocycles. The molecule has 1 saturated heterocycles. The summed E-state index contributed by atoms with van der Waals surface area (Å²) in [5.74, 6) is 0.684. The van der Waals surface area contributed by atoms with Crippen LogP contribution in [0.1, 0.15) is 10.4 Å². The van der Waals surface area contributed by atoms with Crippen molar-refractivity contribution in [1.29, 1.82) is 0 Å². The van der Waals surface area contributed by atoms with Gasteiger partial charge in [0, 0.05) is 25.8 Å². The molecule has 0 spiro atoms. The van der Waals surface area contributed by atoms with Gasteiger partial charge in [-0.05, 0) is 18.2 Å². The molecule has 1 fully saturated rings. The predicted octanol–water partition coefficient (Wildman–Crippen LogP) is 2.01. The Morgan fingerprint density at radius 1 is 1.43 bits per heavy atom. The van der Waals surface area contributed by atoms with E-state index in [9.17, 15) is 4.79 Å². The van der Waals surface area contributed by atoms with Crippen LogP contribution in [-0.4, -0.2) is 48.1 Å². The summed E-state index contributed by atoms with van der Waals surface area (Å²) in [5, 5.41) is 3.29. The van der Waals surface area contributed by atoms with Gasteiger partial charge >= 0.3 is 0 Å². The van der Waals surface area contributed by atoms with Gasteiger partial charge in [0.1, 0.15) is 18.6 Å². The van der Waals surface area contributed by atoms with Crippen molar-refractivity contribution in [1.82, 2.24) is 15.2 Å². The first-order valence-corrected chi connectivity index (χ1v) is 6.91. The van der Waals surface area contributed by atoms with Gasteiger partial charge in [0.25, 0.3) is 5.91 Å². The lowest BCUT2D eigenvalue weighted by Crippen LogP contribution is -2.55. The van der Waals surface area contributed by atoms with Crippen molar-refractivity contribution in [2.45, 2.75) is 6.04 Å². The molecule has 1 aliphatic rings. The monoisotopic (exact) mass is 359 g/mol. The van der Waals surface area contributed by atoms with Gasteiger partial charge in [-0.2, -0.15) is 0 Å². The molecule has 3 heterocycles. The molecule has 1 aliphatic heterocycles. The van der Waals surface area contributed by atoms with Crippen LogP contribution >= 0.6 is 24.8 Å². The van der Waals surface area contributed by atoms with Crippen molar-refractivity contribution in [3.8, 4) is 5.75 Å². The number of carbonyl (C=O) groups is 1. The lowest BCUT2D eigenvalue weighted by molar-refractivity contribution is 0.0558. The molecule has 2 aromatic heterocycles. The second-order valence-corrected chi connectivity index (χ2v) is 4.87. The largest absolute Gasteiger partial charge is 0.490 e. The maximum absolute atomic E-state index is 12.5. The smallest absolute Gasteiger partial charge is 0.257 e. The van der Waals surface area contributed by atoms with Gasteiger partial charge in [0.15, 0.2) is 0 Å². The standard InChI is InChI=1S/C15H17N3O3.2ClH/c19-15(12-3-7-20-10-12)18-6-5-17-8-13(18)11-21-14-2-1-4-16-9-14;;/h1-4,7,9-10,13,17H,5-6,8,11H2;2*1H. The number of furan rings is 1. The van der Waals surface area contributed by atoms with E-state index in [1.807, 2.05) is 17.0 Å². The number of halogens is 2. The van der Waals surface area contributed by atoms with E-state index in [-0.39, 0.29) is 36.8 Å². The molecule has 1 atom stereocenters. The number of hydrogen-bond acceptors (Lipinski definition) is 5. The topological polar surface area (TPSA) is 67.6 Å². The van der Waals surface area contributed by atoms with Gasteiger partial charge in [-0.25, -0.2) is 0 Å². The van der Waals surface area contributed by atoms with E-state index in [0.29, 0.717) is 31.0 Å². The number of rotatable bonds is 4. The van der Waals surface area contributed by atoms with E-state index in [4.69, 9.17) is 9.15 Å². The summed E-state index contributed by atoms with van der Waals surface area (Å²) >= 11 is 0. The molecule has 0 aliphatic carbocycles. The highest BCUT2D eigenvalue weighted by Crippen LogP contribution is 2.13. The molecule has 6 nitrogen and oxygen atoms in total. The molecule has 1 unspecified atom stereocenters. The summed E-state index contributed by atoms with van der Waals surface area (Å²) in [6, 6.07) is 5.35. The van der Waals surface area contributed by atoms with Crippen LogP contribution in [0.5, 0.6) is 5.75 Å². The first-order valence-electron chi connectivity index (χ1n) is 6.91. The Morgan fingerprint density at radius 3 is 3.00 bits per heavy atom. The number of nitrogens with one attached hydrogen (secondary N) is 1. The minimum absolute atomic E-state index is 0. The Balaban J connectivity index is 0.00000132. The van der Waals surface area contributed by atoms with Crippen molar-refractivity contribution < 1.29 is 13.9 Å². The van der Waals surface area contributed by atoms with Gasteiger partial charge in [0.05, 0.1) is 24.1 Å². The number of piperazine rings is 1. The Labute approximate surface area is 147 Å². The molecular formula is C15H19Cl2N3O3. The molecule has 23 heavy (non-hydrogen) atoms. The summed E-state index contributed by atoms with van der Waals surface area (Å²) in [4.78, 5) is 18.3. The highest BCUT2D eigenvalue weighted by molar-refractivity contribution is 5.94. The number of pyridine rings is 1. The second-order valence-electron chi connectivity index (χ2n) is 4.87. The minimum Gasteiger partial charge on any atom is -0.490 e. The Bertz CT molecular complexity index is 581. The second kappa shape index (κ2) is 9.39. The third-order valence-electron chi connectivity index (χ3n) is 3.46. The van der Waals surface area contributed by atoms with Crippen LogP contribution < -0.4 is 10.1 Å². The summed E-state index contributed by atoms with van der Waals surface area (Å²) < 4.78 is 10.7. The van der Waals surface area contributed by atoms with Crippen molar-refractivity contribution in [2.24, 2.45) is 0 Å². The zero-order valence-electron chi connectivity index (χ0n) is 12.4. The third kappa shape index (κ3) is 4.86. The van der Waals surface area contributed by atoms with E-state index in [1.165, 1.54) is 12.5 Å². The van der Waals surface area contributed by atoms with Crippen LogP contribution in [0.25, 0.3) is 0 Å². The molecule has 126 valence electrons. The third-order valence-corrected chi connectivity index (χ3v) is 3.46. The lowest BCUT2D eigenvalue weighted by atomic mass is 10.1. The quantitative estimate of drug-likeness (QED) is 0.904. The highest BCUT2D eigenvalue weighted by Gasteiger charge is 2.28. The van der Waals surface area contributed by atoms with Crippen LogP contribution in [-0.2, 0) is 0 Å².